The van der Waals surface area contributed by atoms with Crippen molar-refractivity contribution in [1.82, 2.24) is 4.90 Å². The second-order valence-electron chi connectivity index (χ2n) is 17.1. The van der Waals surface area contributed by atoms with Gasteiger partial charge in [-0.2, -0.15) is 0 Å². The normalized spacial score (nSPS) is 31.0. The molecule has 0 saturated carbocycles. The fourth-order valence-electron chi connectivity index (χ4n) is 9.08. The number of allylic oxidation sites excluding steroid dienone is 2. The summed E-state index contributed by atoms with van der Waals surface area (Å²) in [4.78, 5) is 52.8. The summed E-state index contributed by atoms with van der Waals surface area (Å²) in [5.41, 5.74) is -0.0963. The van der Waals surface area contributed by atoms with Crippen molar-refractivity contribution in [3.8, 4) is 17.2 Å². The standard InChI is InChI=1S/C45H60N4O11/c1-11-18-49-19-16-45(17-20-49)47-33-30-31-38(53)27(7)41-32(30)42(55)44(9,60-41)58-21-15-29(57-10)24(4)40(59-28(8)50)26(6)37(52)25(5)36(51)22(2)13-12-14-23(3)43(56)46-35(39(31)54)34(33)48-45/h12-15,21-22,24-26,29,36-37,40,47,51-54H,11,16-20H2,1-10H3. The van der Waals surface area contributed by atoms with Crippen molar-refractivity contribution < 1.29 is 53.8 Å². The Morgan fingerprint density at radius 3 is 2.30 bits per heavy atom. The summed E-state index contributed by atoms with van der Waals surface area (Å²) in [6, 6.07) is 0. The maximum absolute atomic E-state index is 14.7. The van der Waals surface area contributed by atoms with Crippen molar-refractivity contribution in [1.29, 1.82) is 0 Å². The number of anilines is 1. The lowest BCUT2D eigenvalue weighted by Gasteiger charge is -2.38. The topological polar surface area (TPSA) is 209 Å². The van der Waals surface area contributed by atoms with Crippen LogP contribution in [0.2, 0.25) is 0 Å². The molecule has 0 aliphatic carbocycles. The number of carbonyl (C=O) groups excluding carboxylic acids is 3. The third-order valence-electron chi connectivity index (χ3n) is 12.8. The van der Waals surface area contributed by atoms with Crippen molar-refractivity contribution in [3.05, 3.63) is 58.0 Å². The number of aromatic hydroxyl groups is 2. The first-order valence-electron chi connectivity index (χ1n) is 20.9. The fraction of sp³-hybridized carbons (Fsp3) is 0.578. The van der Waals surface area contributed by atoms with Gasteiger partial charge >= 0.3 is 11.8 Å². The molecule has 7 rings (SSSR count). The summed E-state index contributed by atoms with van der Waals surface area (Å²) in [5, 5.41) is 50.5. The van der Waals surface area contributed by atoms with Crippen molar-refractivity contribution >= 4 is 34.1 Å². The van der Waals surface area contributed by atoms with Gasteiger partial charge in [-0.3, -0.25) is 19.4 Å². The van der Waals surface area contributed by atoms with Crippen LogP contribution in [-0.4, -0.2) is 106 Å². The van der Waals surface area contributed by atoms with Gasteiger partial charge in [0.05, 0.1) is 41.2 Å². The third kappa shape index (κ3) is 8.04. The van der Waals surface area contributed by atoms with Gasteiger partial charge in [0.15, 0.2) is 5.75 Å². The Labute approximate surface area is 350 Å². The van der Waals surface area contributed by atoms with E-state index in [2.05, 4.69) is 22.1 Å². The zero-order valence-corrected chi connectivity index (χ0v) is 36.2. The molecule has 5 N–H and O–H groups in total. The maximum Gasteiger partial charge on any atom is 0.312 e. The van der Waals surface area contributed by atoms with Crippen LogP contribution in [0.15, 0.2) is 46.1 Å². The number of rotatable bonds is 4. The summed E-state index contributed by atoms with van der Waals surface area (Å²) in [5.74, 6) is -7.02. The van der Waals surface area contributed by atoms with E-state index in [0.717, 1.165) is 26.1 Å². The first kappa shape index (κ1) is 44.7. The lowest BCUT2D eigenvalue weighted by Crippen LogP contribution is -2.46. The highest BCUT2D eigenvalue weighted by Gasteiger charge is 2.50. The van der Waals surface area contributed by atoms with Crippen LogP contribution in [0.3, 0.4) is 0 Å². The molecule has 1 spiro atoms. The number of amides is 1. The molecule has 9 atom stereocenters. The van der Waals surface area contributed by atoms with Gasteiger partial charge in [-0.25, -0.2) is 4.99 Å². The molecular formula is C45H60N4O11. The highest BCUT2D eigenvalue weighted by molar-refractivity contribution is 6.21. The monoisotopic (exact) mass is 832 g/mol. The number of piperidine rings is 1. The summed E-state index contributed by atoms with van der Waals surface area (Å²) in [6.07, 6.45) is 6.08. The van der Waals surface area contributed by atoms with Gasteiger partial charge in [-0.1, -0.05) is 52.8 Å². The fourth-order valence-corrected chi connectivity index (χ4v) is 9.08. The molecule has 15 heteroatoms. The minimum absolute atomic E-state index is 0.0549. The quantitative estimate of drug-likeness (QED) is 0.213. The zero-order valence-electron chi connectivity index (χ0n) is 36.2. The first-order valence-corrected chi connectivity index (χ1v) is 20.9. The number of ketones is 1. The molecule has 5 heterocycles. The largest absolute Gasteiger partial charge is 0.507 e. The molecule has 9 unspecified atom stereocenters. The number of nitrogens with one attached hydrogen (secondary N) is 1. The number of nitrogens with zero attached hydrogens (tertiary/aromatic N) is 3. The average molecular weight is 833 g/mol. The zero-order chi connectivity index (χ0) is 44.0. The minimum Gasteiger partial charge on any atom is -0.507 e. The van der Waals surface area contributed by atoms with E-state index in [9.17, 15) is 34.8 Å². The molecule has 5 aliphatic rings. The van der Waals surface area contributed by atoms with Crippen LogP contribution < -0.4 is 20.8 Å². The summed E-state index contributed by atoms with van der Waals surface area (Å²) < 4.78 is 24.0. The molecule has 1 saturated heterocycles. The third-order valence-corrected chi connectivity index (χ3v) is 12.8. The predicted octanol–water partition coefficient (Wildman–Crippen LogP) is 4.50. The van der Waals surface area contributed by atoms with Crippen molar-refractivity contribution in [2.24, 2.45) is 33.7 Å². The van der Waals surface area contributed by atoms with E-state index >= 15 is 0 Å². The molecular weight excluding hydrogens is 773 g/mol. The number of hydrogen-bond acceptors (Lipinski definition) is 14. The van der Waals surface area contributed by atoms with Crippen LogP contribution >= 0.6 is 0 Å². The Morgan fingerprint density at radius 1 is 0.983 bits per heavy atom. The van der Waals surface area contributed by atoms with Crippen LogP contribution in [0.25, 0.3) is 10.8 Å². The Balaban J connectivity index is 1.56. The van der Waals surface area contributed by atoms with Crippen LogP contribution in [0.1, 0.15) is 90.6 Å². The van der Waals surface area contributed by atoms with Gasteiger partial charge in [0.1, 0.15) is 34.0 Å². The highest BCUT2D eigenvalue weighted by atomic mass is 16.7. The van der Waals surface area contributed by atoms with Crippen molar-refractivity contribution in [3.63, 3.8) is 0 Å². The predicted molar refractivity (Wildman–Crippen MR) is 223 cm³/mol. The van der Waals surface area contributed by atoms with Gasteiger partial charge in [0.25, 0.3) is 11.7 Å². The number of phenols is 2. The van der Waals surface area contributed by atoms with Gasteiger partial charge < -0.3 is 49.6 Å². The van der Waals surface area contributed by atoms with Crippen LogP contribution in [0.5, 0.6) is 17.2 Å². The summed E-state index contributed by atoms with van der Waals surface area (Å²) in [7, 11) is 1.47. The number of carbonyl (C=O) groups is 3. The number of benzene rings is 2. The van der Waals surface area contributed by atoms with E-state index in [1.54, 1.807) is 59.8 Å². The van der Waals surface area contributed by atoms with Crippen molar-refractivity contribution in [2.45, 2.75) is 117 Å². The molecule has 326 valence electrons. The Kier molecular flexibility index (Phi) is 12.9. The maximum atomic E-state index is 14.7. The van der Waals surface area contributed by atoms with Crippen molar-refractivity contribution in [2.75, 3.05) is 32.1 Å². The number of methoxy groups -OCH3 is 1. The summed E-state index contributed by atoms with van der Waals surface area (Å²) in [6.45, 7) is 17.4. The van der Waals surface area contributed by atoms with Gasteiger partial charge in [0.2, 0.25) is 0 Å². The lowest BCUT2D eigenvalue weighted by atomic mass is 9.78. The number of fused-ring (bicyclic) bond motifs is 13. The average Bonchev–Trinajstić information content (AvgIpc) is 3.71. The number of phenolic OH excluding ortho intramolecular Hbond substituents is 2. The smallest absolute Gasteiger partial charge is 0.312 e. The minimum atomic E-state index is -1.95. The van der Waals surface area contributed by atoms with E-state index in [1.807, 2.05) is 0 Å². The molecule has 1 fully saturated rings. The summed E-state index contributed by atoms with van der Waals surface area (Å²) >= 11 is 0. The molecule has 2 aromatic rings. The number of ether oxygens (including phenoxy) is 4. The molecule has 60 heavy (non-hydrogen) atoms. The molecule has 15 nitrogen and oxygen atoms in total. The van der Waals surface area contributed by atoms with E-state index in [1.165, 1.54) is 33.3 Å². The van der Waals surface area contributed by atoms with Crippen LogP contribution in [0.4, 0.5) is 5.69 Å². The Morgan fingerprint density at radius 2 is 1.67 bits per heavy atom. The SMILES string of the molecule is CCCN1CCC2(CC1)N=c1c(c3c4c5c(C)c(O)c3c(O)c1=NC(=O)C(C)=CC=CC(C)C(O)C(C)C(O)C(C)C(OC(C)=O)C(C)C(OC)C=COC(C)(O5)C4=O)N2. The second kappa shape index (κ2) is 17.3. The first-order chi connectivity index (χ1) is 28.3. The van der Waals surface area contributed by atoms with Gasteiger partial charge in [-0.05, 0) is 32.9 Å². The van der Waals surface area contributed by atoms with E-state index in [0.29, 0.717) is 18.5 Å². The Bertz CT molecular complexity index is 2260. The lowest BCUT2D eigenvalue weighted by molar-refractivity contribution is -0.160. The molecule has 0 radical (unpaired) electrons. The Hall–Kier alpha value is -4.83. The van der Waals surface area contributed by atoms with Crippen LogP contribution in [0, 0.1) is 30.6 Å². The number of esters is 1. The number of hydrogen-bond donors (Lipinski definition) is 5. The van der Waals surface area contributed by atoms with E-state index in [-0.39, 0.29) is 49.7 Å². The molecule has 1 amide bonds. The van der Waals surface area contributed by atoms with Gasteiger partial charge in [0, 0.05) is 87.1 Å². The van der Waals surface area contributed by atoms with E-state index < -0.39 is 82.9 Å². The molecule has 5 aliphatic heterocycles. The number of aliphatic hydroxyl groups excluding tert-OH is 2. The molecule has 0 aromatic heterocycles. The number of Topliss-reactive ketones (excluding diaryl/α,β-unsaturated/α-hetero) is 1. The highest BCUT2D eigenvalue weighted by Crippen LogP contribution is 2.51. The molecule has 2 aromatic carbocycles. The second-order valence-corrected chi connectivity index (χ2v) is 17.1. The molecule has 5 bridgehead atoms. The number of aliphatic hydroxyl groups is 2. The number of likely N-dealkylation sites (tertiary alicyclic amines) is 1. The van der Waals surface area contributed by atoms with Gasteiger partial charge in [-0.15, -0.1) is 0 Å². The van der Waals surface area contributed by atoms with Crippen LogP contribution in [-0.2, 0) is 23.8 Å². The van der Waals surface area contributed by atoms with E-state index in [4.69, 9.17) is 23.9 Å².